The summed E-state index contributed by atoms with van der Waals surface area (Å²) in [5, 5.41) is 11.3. The zero-order valence-electron chi connectivity index (χ0n) is 13.9. The first kappa shape index (κ1) is 17.1. The van der Waals surface area contributed by atoms with Gasteiger partial charge in [-0.25, -0.2) is 4.39 Å². The summed E-state index contributed by atoms with van der Waals surface area (Å²) in [4.78, 5) is 12.7. The van der Waals surface area contributed by atoms with E-state index in [-0.39, 0.29) is 5.56 Å². The number of hydrogen-bond donors (Lipinski definition) is 1. The van der Waals surface area contributed by atoms with Crippen molar-refractivity contribution in [2.75, 3.05) is 0 Å². The molecule has 0 saturated heterocycles. The number of benzene rings is 3. The van der Waals surface area contributed by atoms with Crippen molar-refractivity contribution in [1.29, 1.82) is 0 Å². The lowest BCUT2D eigenvalue weighted by atomic mass is 9.79. The highest BCUT2D eigenvalue weighted by molar-refractivity contribution is 6.00. The summed E-state index contributed by atoms with van der Waals surface area (Å²) in [5.74, 6) is -0.743. The largest absolute Gasteiger partial charge is 0.377 e. The van der Waals surface area contributed by atoms with Crippen LogP contribution in [0.25, 0.3) is 0 Å². The summed E-state index contributed by atoms with van der Waals surface area (Å²) in [6, 6.07) is 23.6. The predicted octanol–water partition coefficient (Wildman–Crippen LogP) is 4.45. The van der Waals surface area contributed by atoms with Gasteiger partial charge in [0.15, 0.2) is 11.8 Å². The molecule has 126 valence electrons. The average Bonchev–Trinajstić information content (AvgIpc) is 2.68. The molecule has 0 amide bonds. The van der Waals surface area contributed by atoms with E-state index in [4.69, 9.17) is 0 Å². The average molecular weight is 334 g/mol. The van der Waals surface area contributed by atoms with Crippen LogP contribution in [-0.4, -0.2) is 17.1 Å². The Morgan fingerprint density at radius 1 is 0.840 bits per heavy atom. The number of alkyl halides is 1. The molecule has 0 aliphatic carbocycles. The third-order valence-corrected chi connectivity index (χ3v) is 4.36. The predicted molar refractivity (Wildman–Crippen MR) is 96.3 cm³/mol. The van der Waals surface area contributed by atoms with E-state index >= 15 is 4.39 Å². The second-order valence-electron chi connectivity index (χ2n) is 6.09. The fourth-order valence-corrected chi connectivity index (χ4v) is 2.90. The molecule has 0 fully saturated rings. The first-order chi connectivity index (χ1) is 12.0. The Balaban J connectivity index is 2.11. The van der Waals surface area contributed by atoms with Crippen LogP contribution in [0.1, 0.15) is 27.0 Å². The van der Waals surface area contributed by atoms with Crippen molar-refractivity contribution < 1.29 is 14.3 Å². The van der Waals surface area contributed by atoms with Crippen molar-refractivity contribution in [2.24, 2.45) is 0 Å². The van der Waals surface area contributed by atoms with Gasteiger partial charge in [-0.3, -0.25) is 4.79 Å². The molecule has 3 heteroatoms. The lowest BCUT2D eigenvalue weighted by Gasteiger charge is -2.32. The van der Waals surface area contributed by atoms with Crippen LogP contribution < -0.4 is 0 Å². The minimum Gasteiger partial charge on any atom is -0.377 e. The number of carbonyl (C=O) groups is 1. The van der Waals surface area contributed by atoms with Gasteiger partial charge in [-0.15, -0.1) is 0 Å². The molecule has 0 aliphatic heterocycles. The Morgan fingerprint density at radius 2 is 1.32 bits per heavy atom. The van der Waals surface area contributed by atoms with Gasteiger partial charge in [0, 0.05) is 5.56 Å². The monoisotopic (exact) mass is 334 g/mol. The van der Waals surface area contributed by atoms with Crippen LogP contribution in [0.15, 0.2) is 84.9 Å². The second-order valence-corrected chi connectivity index (χ2v) is 6.09. The van der Waals surface area contributed by atoms with Crippen molar-refractivity contribution in [1.82, 2.24) is 0 Å². The number of ketones is 1. The van der Waals surface area contributed by atoms with Crippen LogP contribution in [-0.2, 0) is 5.60 Å². The van der Waals surface area contributed by atoms with E-state index in [9.17, 15) is 9.90 Å². The Morgan fingerprint density at radius 3 is 1.88 bits per heavy atom. The maximum Gasteiger partial charge on any atom is 0.200 e. The van der Waals surface area contributed by atoms with Crippen LogP contribution in [0.3, 0.4) is 0 Å². The van der Waals surface area contributed by atoms with Crippen molar-refractivity contribution in [3.8, 4) is 0 Å². The summed E-state index contributed by atoms with van der Waals surface area (Å²) in [6.45, 7) is 1.91. The van der Waals surface area contributed by atoms with Crippen molar-refractivity contribution in [3.63, 3.8) is 0 Å². The molecule has 3 aromatic rings. The second kappa shape index (κ2) is 6.99. The normalized spacial score (nSPS) is 14.5. The van der Waals surface area contributed by atoms with Crippen LogP contribution in [0.5, 0.6) is 0 Å². The van der Waals surface area contributed by atoms with Crippen molar-refractivity contribution in [2.45, 2.75) is 18.7 Å². The molecule has 1 N–H and O–H groups in total. The number of Topliss-reactive ketones (excluding diaryl/α,β-unsaturated/α-hetero) is 1. The molecule has 0 saturated carbocycles. The minimum atomic E-state index is -2.12. The van der Waals surface area contributed by atoms with Gasteiger partial charge >= 0.3 is 0 Å². The lowest BCUT2D eigenvalue weighted by Crippen LogP contribution is -2.43. The third kappa shape index (κ3) is 3.24. The first-order valence-corrected chi connectivity index (χ1v) is 8.12. The van der Waals surface area contributed by atoms with Crippen LogP contribution >= 0.6 is 0 Å². The Bertz CT molecular complexity index is 844. The van der Waals surface area contributed by atoms with E-state index in [1.807, 2.05) is 6.92 Å². The SMILES string of the molecule is Cc1ccc(C(O)(c2ccccc2)C(F)C(=O)c2ccccc2)cc1. The molecule has 2 nitrogen and oxygen atoms in total. The molecule has 0 aliphatic rings. The molecule has 3 rings (SSSR count). The molecular formula is C22H19FO2. The van der Waals surface area contributed by atoms with Gasteiger partial charge in [0.05, 0.1) is 0 Å². The van der Waals surface area contributed by atoms with Crippen molar-refractivity contribution >= 4 is 5.78 Å². The summed E-state index contributed by atoms with van der Waals surface area (Å²) < 4.78 is 15.4. The van der Waals surface area contributed by atoms with E-state index in [0.717, 1.165) is 5.56 Å². The third-order valence-electron chi connectivity index (χ3n) is 4.36. The van der Waals surface area contributed by atoms with Gasteiger partial charge in [0.2, 0.25) is 5.78 Å². The molecule has 0 spiro atoms. The fraction of sp³-hybridized carbons (Fsp3) is 0.136. The van der Waals surface area contributed by atoms with E-state index in [2.05, 4.69) is 0 Å². The minimum absolute atomic E-state index is 0.233. The van der Waals surface area contributed by atoms with Crippen LogP contribution in [0, 0.1) is 6.92 Å². The number of halogens is 1. The Hall–Kier alpha value is -2.78. The smallest absolute Gasteiger partial charge is 0.200 e. The molecule has 0 bridgehead atoms. The molecule has 0 heterocycles. The maximum atomic E-state index is 15.4. The van der Waals surface area contributed by atoms with E-state index in [0.29, 0.717) is 11.1 Å². The number of aliphatic hydroxyl groups is 1. The summed E-state index contributed by atoms with van der Waals surface area (Å²) in [5.41, 5.74) is -0.140. The number of rotatable bonds is 5. The first-order valence-electron chi connectivity index (χ1n) is 8.12. The van der Waals surface area contributed by atoms with Gasteiger partial charge < -0.3 is 5.11 Å². The zero-order chi connectivity index (χ0) is 17.9. The molecule has 0 radical (unpaired) electrons. The standard InChI is InChI=1S/C22H19FO2/c1-16-12-14-19(15-13-16)22(25,18-10-6-3-7-11-18)21(23)20(24)17-8-4-2-5-9-17/h2-15,21,25H,1H3. The Labute approximate surface area is 146 Å². The maximum absolute atomic E-state index is 15.4. The molecule has 2 unspecified atom stereocenters. The van der Waals surface area contributed by atoms with Crippen molar-refractivity contribution in [3.05, 3.63) is 107 Å². The molecule has 0 aromatic heterocycles. The zero-order valence-corrected chi connectivity index (χ0v) is 13.9. The fourth-order valence-electron chi connectivity index (χ4n) is 2.90. The van der Waals surface area contributed by atoms with Crippen LogP contribution in [0.2, 0.25) is 0 Å². The van der Waals surface area contributed by atoms with E-state index in [1.54, 1.807) is 84.9 Å². The molecular weight excluding hydrogens is 315 g/mol. The number of carbonyl (C=O) groups excluding carboxylic acids is 1. The van der Waals surface area contributed by atoms with Gasteiger partial charge in [0.25, 0.3) is 0 Å². The van der Waals surface area contributed by atoms with Gasteiger partial charge in [0.1, 0.15) is 0 Å². The summed E-state index contributed by atoms with van der Waals surface area (Å²) in [7, 11) is 0. The van der Waals surface area contributed by atoms with Crippen LogP contribution in [0.4, 0.5) is 4.39 Å². The summed E-state index contributed by atoms with van der Waals surface area (Å²) in [6.07, 6.45) is -2.12. The Kier molecular flexibility index (Phi) is 4.77. The summed E-state index contributed by atoms with van der Waals surface area (Å²) >= 11 is 0. The molecule has 3 aromatic carbocycles. The number of aryl methyl sites for hydroxylation is 1. The quantitative estimate of drug-likeness (QED) is 0.700. The van der Waals surface area contributed by atoms with E-state index < -0.39 is 17.6 Å². The highest BCUT2D eigenvalue weighted by Crippen LogP contribution is 2.36. The lowest BCUT2D eigenvalue weighted by molar-refractivity contribution is 0.00252. The molecule has 25 heavy (non-hydrogen) atoms. The topological polar surface area (TPSA) is 37.3 Å². The highest BCUT2D eigenvalue weighted by Gasteiger charge is 2.45. The van der Waals surface area contributed by atoms with Gasteiger partial charge in [-0.1, -0.05) is 90.5 Å². The molecule has 2 atom stereocenters. The van der Waals surface area contributed by atoms with Gasteiger partial charge in [-0.05, 0) is 18.1 Å². The van der Waals surface area contributed by atoms with E-state index in [1.165, 1.54) is 0 Å². The highest BCUT2D eigenvalue weighted by atomic mass is 19.1. The number of hydrogen-bond acceptors (Lipinski definition) is 2. The van der Waals surface area contributed by atoms with Gasteiger partial charge in [-0.2, -0.15) is 0 Å².